The van der Waals surface area contributed by atoms with Gasteiger partial charge in [0, 0.05) is 41.5 Å². The van der Waals surface area contributed by atoms with Crippen molar-refractivity contribution in [3.63, 3.8) is 0 Å². The lowest BCUT2D eigenvalue weighted by Crippen LogP contribution is -2.52. The lowest BCUT2D eigenvalue weighted by atomic mass is 9.80. The molecule has 16 nitrogen and oxygen atoms in total. The highest BCUT2D eigenvalue weighted by molar-refractivity contribution is 7.91. The van der Waals surface area contributed by atoms with Gasteiger partial charge in [-0.15, -0.1) is 0 Å². The second-order valence-corrected chi connectivity index (χ2v) is 61.9. The minimum Gasteiger partial charge on any atom is -0.422 e. The molecule has 18 heteroatoms. The largest absolute Gasteiger partial charge is 0.422 e. The first-order valence-corrected chi connectivity index (χ1v) is 55.2. The van der Waals surface area contributed by atoms with E-state index in [0.29, 0.717) is 72.4 Å². The predicted molar refractivity (Wildman–Crippen MR) is 603 cm³/mol. The number of sulfone groups is 2. The molecule has 5 aromatic carbocycles. The normalized spacial score (nSPS) is 16.0. The lowest BCUT2D eigenvalue weighted by Gasteiger charge is -2.38. The van der Waals surface area contributed by atoms with E-state index in [4.69, 9.17) is 28.4 Å². The summed E-state index contributed by atoms with van der Waals surface area (Å²) in [4.78, 5) is 72.7. The number of hydrogen-bond acceptors (Lipinski definition) is 16. The number of rotatable bonds is 17. The van der Waals surface area contributed by atoms with Crippen molar-refractivity contribution >= 4 is 55.5 Å². The van der Waals surface area contributed by atoms with Crippen molar-refractivity contribution < 1.29 is 74.0 Å². The molecule has 820 valence electrons. The van der Waals surface area contributed by atoms with E-state index in [1.165, 1.54) is 16.7 Å². The van der Waals surface area contributed by atoms with E-state index in [-0.39, 0.29) is 38.6 Å². The van der Waals surface area contributed by atoms with Gasteiger partial charge in [0.1, 0.15) is 0 Å². The van der Waals surface area contributed by atoms with Gasteiger partial charge in [0.2, 0.25) is 0 Å². The number of esters is 6. The summed E-state index contributed by atoms with van der Waals surface area (Å²) >= 11 is 0. The van der Waals surface area contributed by atoms with E-state index in [1.54, 1.807) is 98.7 Å². The molecule has 0 unspecified atom stereocenters. The number of benzene rings is 5. The van der Waals surface area contributed by atoms with Crippen molar-refractivity contribution in [3.8, 4) is 0 Å². The Hall–Kier alpha value is -7.18. The third-order valence-corrected chi connectivity index (χ3v) is 23.3. The van der Waals surface area contributed by atoms with Crippen LogP contribution in [0.2, 0.25) is 0 Å². The molecule has 0 radical (unpaired) electrons. The highest BCUT2D eigenvalue weighted by Crippen LogP contribution is 2.42. The number of ether oxygens (including phenoxy) is 6. The highest BCUT2D eigenvalue weighted by Gasteiger charge is 2.55. The number of carbonyl (C=O) groups is 6. The number of aryl methyl sites for hydroxylation is 1. The van der Waals surface area contributed by atoms with Gasteiger partial charge >= 0.3 is 35.8 Å². The molecule has 8 rings (SSSR count). The average molecular weight is 2030 g/mol. The third-order valence-electron chi connectivity index (χ3n) is 19.6. The van der Waals surface area contributed by atoms with Crippen LogP contribution in [0.4, 0.5) is 0 Å². The van der Waals surface area contributed by atoms with E-state index < -0.39 is 89.1 Å². The fourth-order valence-electron chi connectivity index (χ4n) is 11.9. The third kappa shape index (κ3) is 79.1. The number of cyclic esters (lactones) is 6. The van der Waals surface area contributed by atoms with Gasteiger partial charge in [0.25, 0.3) is 17.4 Å². The summed E-state index contributed by atoms with van der Waals surface area (Å²) in [6.07, 6.45) is 9.96. The molecule has 0 aromatic heterocycles. The summed E-state index contributed by atoms with van der Waals surface area (Å²) in [5.74, 6) is -5.78. The Bertz CT molecular complexity index is 4170. The summed E-state index contributed by atoms with van der Waals surface area (Å²) in [7, 11) is -6.18. The zero-order valence-corrected chi connectivity index (χ0v) is 103. The quantitative estimate of drug-likeness (QED) is 0.0479. The summed E-state index contributed by atoms with van der Waals surface area (Å²) < 4.78 is 78.9. The topological polar surface area (TPSA) is 226 Å². The number of hydrogen-bond donors (Lipinski definition) is 0. The summed E-state index contributed by atoms with van der Waals surface area (Å²) in [5, 5.41) is 0. The van der Waals surface area contributed by atoms with Gasteiger partial charge in [0.15, 0.2) is 35.9 Å². The molecule has 3 fully saturated rings. The molecule has 0 aliphatic carbocycles. The molecule has 0 spiro atoms. The second kappa shape index (κ2) is 59.1. The fraction of sp³-hybridized carbons (Fsp3) is 0.710. The molecule has 3 aliphatic heterocycles. The van der Waals surface area contributed by atoms with E-state index in [9.17, 15) is 45.6 Å². The predicted octanol–water partition coefficient (Wildman–Crippen LogP) is 35.2. The molecule has 3 heterocycles. The molecular weight excluding hydrogens is 1810 g/mol. The van der Waals surface area contributed by atoms with E-state index in [2.05, 4.69) is 396 Å². The van der Waals surface area contributed by atoms with Crippen molar-refractivity contribution in [2.24, 2.45) is 70.4 Å². The highest BCUT2D eigenvalue weighted by atomic mass is 32.2. The van der Waals surface area contributed by atoms with Crippen molar-refractivity contribution in [1.82, 2.24) is 0 Å². The van der Waals surface area contributed by atoms with Crippen LogP contribution in [0.5, 0.6) is 0 Å². The van der Waals surface area contributed by atoms with E-state index >= 15 is 0 Å². The van der Waals surface area contributed by atoms with Gasteiger partial charge in [-0.1, -0.05) is 451 Å². The van der Waals surface area contributed by atoms with Crippen molar-refractivity contribution in [2.45, 2.75) is 501 Å². The SMILES string of the molecule is CC(C)(C)C.CC(C)(C)C.CC(C)(C)C.CC(C)(C)C.CC(C)(C)C.CC(C)(C)CCCC1(C)C(=O)OC(C)(C)OC1=O.CC(C)(C)CCCC1(C)C(=O)OC(C)(C)OC1=O.CC(C)(C)CCCC1(C)C(=O)OC(C)(C)OC1=O.CC(C)(C)CCCS(=O)(=O)c1ccccc1.CC(C)(C)c1ccccc1.CC(C)(C)c1ccccc1.CC(C)(C)c1ccccc1.Cc1ccc(S(=O)(=O)CCCC(C)(C)C)cc1. The van der Waals surface area contributed by atoms with Crippen LogP contribution in [-0.2, 0) is 93.1 Å². The van der Waals surface area contributed by atoms with Gasteiger partial charge in [0.05, 0.1) is 21.3 Å². The molecule has 5 aromatic rings. The molecule has 0 saturated carbocycles. The van der Waals surface area contributed by atoms with Gasteiger partial charge in [-0.3, -0.25) is 28.8 Å². The van der Waals surface area contributed by atoms with E-state index in [0.717, 1.165) is 69.8 Å². The Balaban J connectivity index is -0.000000489. The zero-order chi connectivity index (χ0) is 113. The Kier molecular flexibility index (Phi) is 59.6. The molecule has 0 bridgehead atoms. The molecule has 0 atom stereocenters. The standard InChI is InChI=1S/3C14H24O4.C14H22O2S.C13H20O2S.3C10H14.5C5H12/c3*1-12(2,3)8-7-9-14(6)10(15)17-13(4,5)18-11(14)16;1-12-6-8-13(9-7-12)17(15,16)11-5-10-14(2,3)4;1-13(2,3)10-7-11-16(14,15)12-8-5-4-6-9-12;3*1-10(2,3)9-7-5-4-6-8-9;5*1-5(2,3)4/h3*7-9H2,1-6H3;6-9H,5,10-11H2,1-4H3;4-6,8-9H,7,10-11H2,1-3H3;3*4-8H,1-3H3;5*1-4H3. The molecule has 3 aliphatic rings. The van der Waals surface area contributed by atoms with Crippen molar-refractivity contribution in [2.75, 3.05) is 11.5 Å². The fourth-order valence-corrected chi connectivity index (χ4v) is 14.5. The van der Waals surface area contributed by atoms with Crippen LogP contribution >= 0.6 is 0 Å². The maximum atomic E-state index is 12.0. The van der Waals surface area contributed by atoms with Crippen molar-refractivity contribution in [1.29, 1.82) is 0 Å². The minimum absolute atomic E-state index is 0.193. The molecule has 142 heavy (non-hydrogen) atoms. The second-order valence-electron chi connectivity index (χ2n) is 57.7. The van der Waals surface area contributed by atoms with E-state index in [1.807, 2.05) is 25.1 Å². The van der Waals surface area contributed by atoms with Gasteiger partial charge < -0.3 is 28.4 Å². The first kappa shape index (κ1) is 143. The van der Waals surface area contributed by atoms with Crippen LogP contribution < -0.4 is 0 Å². The van der Waals surface area contributed by atoms with Crippen LogP contribution in [-0.4, -0.2) is 81.5 Å². The lowest BCUT2D eigenvalue weighted by molar-refractivity contribution is -0.252. The Morgan fingerprint density at radius 1 is 0.218 bits per heavy atom. The van der Waals surface area contributed by atoms with Gasteiger partial charge in [-0.05, 0) is 203 Å². The Labute approximate surface area is 874 Å². The molecule has 3 saturated heterocycles. The van der Waals surface area contributed by atoms with Crippen LogP contribution in [0, 0.1) is 77.3 Å². The summed E-state index contributed by atoms with van der Waals surface area (Å²) in [6.45, 7) is 112. The summed E-state index contributed by atoms with van der Waals surface area (Å²) in [5.41, 5.74) is 6.17. The zero-order valence-electron chi connectivity index (χ0n) is 101. The number of carbonyl (C=O) groups excluding carboxylic acids is 6. The monoisotopic (exact) mass is 2030 g/mol. The molecule has 0 amide bonds. The molecular formula is C124H216O16S2. The van der Waals surface area contributed by atoms with Crippen LogP contribution in [0.15, 0.2) is 155 Å². The Morgan fingerprint density at radius 3 is 0.514 bits per heavy atom. The first-order valence-electron chi connectivity index (χ1n) is 51.9. The molecule has 0 N–H and O–H groups in total. The van der Waals surface area contributed by atoms with Crippen molar-refractivity contribution in [3.05, 3.63) is 168 Å². The maximum Gasteiger partial charge on any atom is 0.326 e. The first-order chi connectivity index (χ1) is 62.7. The summed E-state index contributed by atoms with van der Waals surface area (Å²) in [6, 6.07) is 47.4. The maximum absolute atomic E-state index is 12.0. The average Bonchev–Trinajstić information content (AvgIpc) is 0.783. The van der Waals surface area contributed by atoms with Gasteiger partial charge in [-0.25, -0.2) is 16.8 Å². The van der Waals surface area contributed by atoms with Crippen LogP contribution in [0.25, 0.3) is 0 Å². The minimum atomic E-state index is -3.10. The Morgan fingerprint density at radius 2 is 0.366 bits per heavy atom. The van der Waals surface area contributed by atoms with Crippen LogP contribution in [0.3, 0.4) is 0 Å². The van der Waals surface area contributed by atoms with Gasteiger partial charge in [-0.2, -0.15) is 0 Å². The smallest absolute Gasteiger partial charge is 0.326 e. The van der Waals surface area contributed by atoms with Crippen LogP contribution in [0.1, 0.15) is 473 Å².